The summed E-state index contributed by atoms with van der Waals surface area (Å²) in [7, 11) is 0. The molecule has 0 fully saturated rings. The molecule has 0 radical (unpaired) electrons. The third-order valence-electron chi connectivity index (χ3n) is 5.27. The van der Waals surface area contributed by atoms with Gasteiger partial charge in [-0.15, -0.1) is 0 Å². The first-order valence-corrected chi connectivity index (χ1v) is 13.4. The van der Waals surface area contributed by atoms with Gasteiger partial charge in [-0.05, 0) is 48.9 Å². The van der Waals surface area contributed by atoms with Crippen LogP contribution < -0.4 is 20.1 Å². The van der Waals surface area contributed by atoms with E-state index in [4.69, 9.17) is 28.4 Å². The third kappa shape index (κ3) is 13.6. The molecule has 0 aliphatic carbocycles. The number of benzene rings is 2. The van der Waals surface area contributed by atoms with Crippen molar-refractivity contribution < 1.29 is 47.6 Å². The summed E-state index contributed by atoms with van der Waals surface area (Å²) in [5.74, 6) is 0.306. The number of carbonyl (C=O) groups is 4. The van der Waals surface area contributed by atoms with E-state index >= 15 is 0 Å². The van der Waals surface area contributed by atoms with Crippen molar-refractivity contribution >= 4 is 34.9 Å². The minimum Gasteiger partial charge on any atom is -0.493 e. The summed E-state index contributed by atoms with van der Waals surface area (Å²) in [5.41, 5.74) is 0.581. The summed E-state index contributed by atoms with van der Waals surface area (Å²) in [6.45, 7) is 11.4. The maximum Gasteiger partial charge on any atom is 0.407 e. The quantitative estimate of drug-likeness (QED) is 0.113. The molecule has 2 aromatic rings. The normalized spacial score (nSPS) is 10.2. The number of carbonyl (C=O) groups excluding carboxylic acids is 4. The van der Waals surface area contributed by atoms with Gasteiger partial charge in [0.1, 0.15) is 24.7 Å². The van der Waals surface area contributed by atoms with Gasteiger partial charge in [0.25, 0.3) is 0 Å². The number of nitrogens with one attached hydrogen (secondary N) is 2. The van der Waals surface area contributed by atoms with Crippen LogP contribution in [-0.2, 0) is 28.5 Å². The molecule has 0 aliphatic heterocycles. The molecular weight excluding hydrogens is 548 g/mol. The van der Waals surface area contributed by atoms with Crippen LogP contribution in [0.4, 0.5) is 9.59 Å². The first kappa shape index (κ1) is 33.5. The third-order valence-corrected chi connectivity index (χ3v) is 5.27. The second-order valence-electron chi connectivity index (χ2n) is 9.03. The van der Waals surface area contributed by atoms with Crippen LogP contribution in [0.3, 0.4) is 0 Å². The highest BCUT2D eigenvalue weighted by Crippen LogP contribution is 2.25. The van der Waals surface area contributed by atoms with Crippen molar-refractivity contribution in [2.24, 2.45) is 0 Å². The Labute approximate surface area is 244 Å². The molecule has 0 unspecified atom stereocenters. The van der Waals surface area contributed by atoms with Gasteiger partial charge in [-0.3, -0.25) is 0 Å². The van der Waals surface area contributed by atoms with Crippen LogP contribution in [0.2, 0.25) is 0 Å². The van der Waals surface area contributed by atoms with Crippen LogP contribution in [0.1, 0.15) is 26.7 Å². The zero-order valence-electron chi connectivity index (χ0n) is 24.0. The van der Waals surface area contributed by atoms with E-state index in [0.717, 1.165) is 10.8 Å². The smallest absolute Gasteiger partial charge is 0.407 e. The lowest BCUT2D eigenvalue weighted by Crippen LogP contribution is -2.29. The van der Waals surface area contributed by atoms with E-state index in [0.29, 0.717) is 48.7 Å². The first-order chi connectivity index (χ1) is 20.2. The average molecular weight is 587 g/mol. The van der Waals surface area contributed by atoms with Crippen LogP contribution in [0, 0.1) is 0 Å². The highest BCUT2D eigenvalue weighted by Gasteiger charge is 2.07. The van der Waals surface area contributed by atoms with Crippen molar-refractivity contribution in [1.29, 1.82) is 0 Å². The van der Waals surface area contributed by atoms with Gasteiger partial charge < -0.3 is 39.1 Å². The second kappa shape index (κ2) is 18.6. The Morgan fingerprint density at radius 2 is 1.02 bits per heavy atom. The molecule has 0 heterocycles. The van der Waals surface area contributed by atoms with Crippen LogP contribution in [0.5, 0.6) is 11.5 Å². The predicted molar refractivity (Wildman–Crippen MR) is 154 cm³/mol. The molecule has 228 valence electrons. The standard InChI is InChI=1S/C30H38N2O10/c1-21(2)27(33)39-17-11-31-29(35)41-15-5-13-37-25-9-7-23-8-10-26(20-24(23)19-25)38-14-6-16-42-30(36)32-12-18-40-28(34)22(3)4/h7-10,19-20H,1,3,5-6,11-18H2,2,4H3,(H,31,35)(H,32,36). The van der Waals surface area contributed by atoms with Gasteiger partial charge in [0.05, 0.1) is 39.5 Å². The maximum atomic E-state index is 11.7. The van der Waals surface area contributed by atoms with Crippen LogP contribution >= 0.6 is 0 Å². The lowest BCUT2D eigenvalue weighted by atomic mass is 10.1. The molecule has 0 bridgehead atoms. The van der Waals surface area contributed by atoms with Gasteiger partial charge in [0, 0.05) is 24.0 Å². The van der Waals surface area contributed by atoms with Crippen molar-refractivity contribution in [3.8, 4) is 11.5 Å². The average Bonchev–Trinajstić information content (AvgIpc) is 2.96. The summed E-state index contributed by atoms with van der Waals surface area (Å²) in [5, 5.41) is 6.92. The molecule has 0 saturated heterocycles. The zero-order chi connectivity index (χ0) is 30.7. The molecular formula is C30H38N2O10. The highest BCUT2D eigenvalue weighted by atomic mass is 16.6. The zero-order valence-corrected chi connectivity index (χ0v) is 24.0. The minimum atomic E-state index is -0.603. The molecule has 0 spiro atoms. The second-order valence-corrected chi connectivity index (χ2v) is 9.03. The fourth-order valence-corrected chi connectivity index (χ4v) is 3.15. The maximum absolute atomic E-state index is 11.7. The Kier molecular flexibility index (Phi) is 14.8. The van der Waals surface area contributed by atoms with Crippen molar-refractivity contribution in [1.82, 2.24) is 10.6 Å². The Morgan fingerprint density at radius 1 is 0.595 bits per heavy atom. The lowest BCUT2D eigenvalue weighted by molar-refractivity contribution is -0.139. The molecule has 2 N–H and O–H groups in total. The molecule has 0 aromatic heterocycles. The SMILES string of the molecule is C=C(C)C(=O)OCCNC(=O)OCCCOc1ccc2ccc(OCCCOC(=O)NCCOC(=O)C(=C)C)cc2c1. The number of alkyl carbamates (subject to hydrolysis) is 2. The van der Waals surface area contributed by atoms with Gasteiger partial charge in [-0.1, -0.05) is 25.3 Å². The summed E-state index contributed by atoms with van der Waals surface area (Å²) >= 11 is 0. The fourth-order valence-electron chi connectivity index (χ4n) is 3.15. The van der Waals surface area contributed by atoms with Crippen molar-refractivity contribution in [2.75, 3.05) is 52.7 Å². The predicted octanol–water partition coefficient (Wildman–Crippen LogP) is 4.07. The molecule has 2 rings (SSSR count). The van der Waals surface area contributed by atoms with Crippen LogP contribution in [-0.4, -0.2) is 76.9 Å². The van der Waals surface area contributed by atoms with Gasteiger partial charge in [-0.25, -0.2) is 19.2 Å². The molecule has 12 nitrogen and oxygen atoms in total. The summed E-state index contributed by atoms with van der Waals surface area (Å²) in [6.07, 6.45) is -0.231. The van der Waals surface area contributed by atoms with Crippen LogP contribution in [0.15, 0.2) is 60.7 Å². The van der Waals surface area contributed by atoms with Gasteiger partial charge in [0.15, 0.2) is 0 Å². The van der Waals surface area contributed by atoms with Gasteiger partial charge in [0.2, 0.25) is 0 Å². The number of ether oxygens (including phenoxy) is 6. The number of fused-ring (bicyclic) bond motifs is 1. The molecule has 0 aliphatic rings. The van der Waals surface area contributed by atoms with Crippen molar-refractivity contribution in [3.05, 3.63) is 60.7 Å². The molecule has 2 amide bonds. The molecule has 2 aromatic carbocycles. The fraction of sp³-hybridized carbons (Fsp3) is 0.400. The minimum absolute atomic E-state index is 0.0325. The Hall–Kier alpha value is -4.74. The van der Waals surface area contributed by atoms with E-state index in [-0.39, 0.29) is 39.5 Å². The van der Waals surface area contributed by atoms with E-state index in [1.165, 1.54) is 0 Å². The van der Waals surface area contributed by atoms with Gasteiger partial charge >= 0.3 is 24.1 Å². The number of esters is 2. The van der Waals surface area contributed by atoms with Crippen LogP contribution in [0.25, 0.3) is 10.8 Å². The topological polar surface area (TPSA) is 148 Å². The Bertz CT molecular complexity index is 1150. The number of rotatable bonds is 18. The molecule has 0 atom stereocenters. The molecule has 0 saturated carbocycles. The van der Waals surface area contributed by atoms with Crippen molar-refractivity contribution in [2.45, 2.75) is 26.7 Å². The highest BCUT2D eigenvalue weighted by molar-refractivity contribution is 5.87. The summed E-state index contributed by atoms with van der Waals surface area (Å²) in [4.78, 5) is 45.9. The molecule has 42 heavy (non-hydrogen) atoms. The monoisotopic (exact) mass is 586 g/mol. The number of amides is 2. The van der Waals surface area contributed by atoms with E-state index < -0.39 is 24.1 Å². The summed E-state index contributed by atoms with van der Waals surface area (Å²) < 4.78 is 31.4. The number of hydrogen-bond donors (Lipinski definition) is 2. The summed E-state index contributed by atoms with van der Waals surface area (Å²) in [6, 6.07) is 11.4. The van der Waals surface area contributed by atoms with E-state index in [2.05, 4.69) is 23.8 Å². The largest absolute Gasteiger partial charge is 0.493 e. The Morgan fingerprint density at radius 3 is 1.43 bits per heavy atom. The molecule has 12 heteroatoms. The van der Waals surface area contributed by atoms with Crippen molar-refractivity contribution in [3.63, 3.8) is 0 Å². The first-order valence-electron chi connectivity index (χ1n) is 13.4. The Balaban J connectivity index is 1.60. The van der Waals surface area contributed by atoms with E-state index in [1.807, 2.05) is 36.4 Å². The van der Waals surface area contributed by atoms with Gasteiger partial charge in [-0.2, -0.15) is 0 Å². The van der Waals surface area contributed by atoms with E-state index in [1.54, 1.807) is 13.8 Å². The number of hydrogen-bond acceptors (Lipinski definition) is 10. The van der Waals surface area contributed by atoms with E-state index in [9.17, 15) is 19.2 Å². The lowest BCUT2D eigenvalue weighted by Gasteiger charge is -2.11.